The molecule has 0 bridgehead atoms. The van der Waals surface area contributed by atoms with E-state index < -0.39 is 10.1 Å². The highest BCUT2D eigenvalue weighted by atomic mass is 35.5. The maximum atomic E-state index is 13.2. The fourth-order valence-electron chi connectivity index (χ4n) is 5.47. The summed E-state index contributed by atoms with van der Waals surface area (Å²) in [6.07, 6.45) is 2.64. The molecule has 0 unspecified atom stereocenters. The van der Waals surface area contributed by atoms with Crippen LogP contribution in [0.25, 0.3) is 10.8 Å². The zero-order valence-electron chi connectivity index (χ0n) is 22.5. The predicted octanol–water partition coefficient (Wildman–Crippen LogP) is 5.40. The minimum Gasteiger partial charge on any atom is -0.462 e. The number of anilines is 1. The van der Waals surface area contributed by atoms with E-state index in [0.29, 0.717) is 42.4 Å². The van der Waals surface area contributed by atoms with E-state index in [1.54, 1.807) is 12.1 Å². The van der Waals surface area contributed by atoms with Crippen LogP contribution in [0.4, 0.5) is 5.69 Å². The van der Waals surface area contributed by atoms with Crippen LogP contribution in [0.5, 0.6) is 11.9 Å². The Labute approximate surface area is 239 Å². The molecule has 40 heavy (non-hydrogen) atoms. The molecule has 10 heteroatoms. The fourth-order valence-corrected chi connectivity index (χ4v) is 6.66. The first-order chi connectivity index (χ1) is 19.3. The van der Waals surface area contributed by atoms with Gasteiger partial charge in [-0.25, -0.2) is 0 Å². The number of ether oxygens (including phenoxy) is 1. The minimum absolute atomic E-state index is 0.0240. The lowest BCUT2D eigenvalue weighted by Gasteiger charge is -2.31. The van der Waals surface area contributed by atoms with Gasteiger partial charge >= 0.3 is 16.1 Å². The van der Waals surface area contributed by atoms with Crippen LogP contribution < -0.4 is 13.8 Å². The molecule has 3 aromatic carbocycles. The summed E-state index contributed by atoms with van der Waals surface area (Å²) in [7, 11) is -2.03. The number of rotatable bonds is 7. The molecule has 4 aromatic rings. The van der Waals surface area contributed by atoms with E-state index in [0.717, 1.165) is 41.4 Å². The molecule has 1 fully saturated rings. The quantitative estimate of drug-likeness (QED) is 0.270. The van der Waals surface area contributed by atoms with Crippen LogP contribution in [0, 0.1) is 6.92 Å². The molecule has 0 radical (unpaired) electrons. The van der Waals surface area contributed by atoms with Gasteiger partial charge in [0.15, 0.2) is 0 Å². The summed E-state index contributed by atoms with van der Waals surface area (Å²) in [5, 5.41) is 2.71. The maximum Gasteiger partial charge on any atom is 0.340 e. The third-order valence-corrected chi connectivity index (χ3v) is 9.30. The number of nitrogens with zero attached hydrogens (tertiary/aromatic N) is 4. The number of fused-ring (bicyclic) bond motifs is 2. The van der Waals surface area contributed by atoms with E-state index in [4.69, 9.17) is 25.5 Å². The van der Waals surface area contributed by atoms with Gasteiger partial charge in [-0.2, -0.15) is 18.4 Å². The van der Waals surface area contributed by atoms with Crippen molar-refractivity contribution < 1.29 is 17.3 Å². The van der Waals surface area contributed by atoms with E-state index in [1.807, 2.05) is 43.3 Å². The van der Waals surface area contributed by atoms with Crippen LogP contribution >= 0.6 is 11.6 Å². The van der Waals surface area contributed by atoms with E-state index in [9.17, 15) is 8.42 Å². The lowest BCUT2D eigenvalue weighted by Crippen LogP contribution is -2.33. The highest BCUT2D eigenvalue weighted by Gasteiger charge is 2.29. The van der Waals surface area contributed by atoms with Gasteiger partial charge in [-0.3, -0.25) is 0 Å². The molecule has 208 valence electrons. The molecule has 2 aliphatic heterocycles. The van der Waals surface area contributed by atoms with E-state index in [-0.39, 0.29) is 22.8 Å². The van der Waals surface area contributed by atoms with Crippen LogP contribution in [-0.4, -0.2) is 56.1 Å². The molecule has 0 amide bonds. The van der Waals surface area contributed by atoms with Gasteiger partial charge in [0.2, 0.25) is 5.88 Å². The van der Waals surface area contributed by atoms with Crippen LogP contribution in [0.15, 0.2) is 65.6 Å². The third kappa shape index (κ3) is 5.33. The van der Waals surface area contributed by atoms with Crippen molar-refractivity contribution in [2.75, 3.05) is 31.6 Å². The van der Waals surface area contributed by atoms with Gasteiger partial charge in [0.1, 0.15) is 11.5 Å². The number of likely N-dealkylation sites (tertiary alicyclic amines) is 1. The van der Waals surface area contributed by atoms with Crippen molar-refractivity contribution >= 4 is 38.2 Å². The zero-order valence-corrected chi connectivity index (χ0v) is 24.1. The summed E-state index contributed by atoms with van der Waals surface area (Å²) >= 11 is 6.62. The van der Waals surface area contributed by atoms with Crippen LogP contribution in [0.2, 0.25) is 5.02 Å². The van der Waals surface area contributed by atoms with Crippen LogP contribution in [-0.2, 0) is 23.1 Å². The average Bonchev–Trinajstić information content (AvgIpc) is 3.36. The van der Waals surface area contributed by atoms with Gasteiger partial charge in [0.25, 0.3) is 0 Å². The van der Waals surface area contributed by atoms with Crippen LogP contribution in [0.3, 0.4) is 0 Å². The summed E-state index contributed by atoms with van der Waals surface area (Å²) in [5.41, 5.74) is 3.30. The standard InChI is InChI=1S/C30H31ClN4O4S/c1-20-11-13-23(14-12-20)40(36,37)39-29-24-15-17-35(27-10-4-7-21-6-3-9-25(31)28(21)27)18-26(24)32-30(33-29)38-19-22-8-5-16-34(22)2/h3-4,6-7,9-14,22H,5,8,15-19H2,1-2H3/t22-/m0/s1. The Hall–Kier alpha value is -3.40. The molecule has 0 aliphatic carbocycles. The number of hydrogen-bond acceptors (Lipinski definition) is 8. The Bertz CT molecular complexity index is 1660. The summed E-state index contributed by atoms with van der Waals surface area (Å²) in [5.74, 6) is 0.0240. The number of aromatic nitrogens is 2. The molecule has 0 N–H and O–H groups in total. The fraction of sp³-hybridized carbons (Fsp3) is 0.333. The first-order valence-corrected chi connectivity index (χ1v) is 15.2. The number of hydrogen-bond donors (Lipinski definition) is 0. The molecule has 1 aromatic heterocycles. The topological polar surface area (TPSA) is 84.9 Å². The molecule has 8 nitrogen and oxygen atoms in total. The molecule has 0 spiro atoms. The Morgan fingerprint density at radius 1 is 1.02 bits per heavy atom. The van der Waals surface area contributed by atoms with Crippen molar-refractivity contribution in [3.8, 4) is 11.9 Å². The lowest BCUT2D eigenvalue weighted by atomic mass is 10.0. The van der Waals surface area contributed by atoms with Crippen molar-refractivity contribution in [2.45, 2.75) is 43.7 Å². The molecular weight excluding hydrogens is 548 g/mol. The van der Waals surface area contributed by atoms with Crippen molar-refractivity contribution in [1.29, 1.82) is 0 Å². The molecule has 6 rings (SSSR count). The summed E-state index contributed by atoms with van der Waals surface area (Å²) in [4.78, 5) is 13.8. The second-order valence-electron chi connectivity index (χ2n) is 10.5. The van der Waals surface area contributed by atoms with Gasteiger partial charge in [0.05, 0.1) is 17.3 Å². The van der Waals surface area contributed by atoms with E-state index >= 15 is 0 Å². The lowest BCUT2D eigenvalue weighted by molar-refractivity contribution is 0.186. The largest absolute Gasteiger partial charge is 0.462 e. The monoisotopic (exact) mass is 578 g/mol. The molecule has 1 atom stereocenters. The number of benzene rings is 3. The first-order valence-electron chi connectivity index (χ1n) is 13.4. The predicted molar refractivity (Wildman–Crippen MR) is 156 cm³/mol. The van der Waals surface area contributed by atoms with Crippen LogP contribution in [0.1, 0.15) is 29.7 Å². The highest BCUT2D eigenvalue weighted by molar-refractivity contribution is 7.87. The minimum atomic E-state index is -4.10. The van der Waals surface area contributed by atoms with Crippen molar-refractivity contribution in [1.82, 2.24) is 14.9 Å². The van der Waals surface area contributed by atoms with Gasteiger partial charge in [-0.05, 0) is 69.4 Å². The SMILES string of the molecule is Cc1ccc(S(=O)(=O)Oc2nc(OC[C@@H]3CCCN3C)nc3c2CCN(c2cccc4cccc(Cl)c24)C3)cc1. The highest BCUT2D eigenvalue weighted by Crippen LogP contribution is 2.37. The maximum absolute atomic E-state index is 13.2. The van der Waals surface area contributed by atoms with E-state index in [2.05, 4.69) is 21.8 Å². The van der Waals surface area contributed by atoms with Crippen molar-refractivity contribution in [3.63, 3.8) is 0 Å². The normalized spacial score (nSPS) is 17.7. The third-order valence-electron chi connectivity index (χ3n) is 7.75. The van der Waals surface area contributed by atoms with Gasteiger partial charge in [-0.15, -0.1) is 0 Å². The second-order valence-corrected chi connectivity index (χ2v) is 12.4. The van der Waals surface area contributed by atoms with Crippen molar-refractivity contribution in [3.05, 3.63) is 82.5 Å². The Kier molecular flexibility index (Phi) is 7.29. The first kappa shape index (κ1) is 26.8. The molecule has 0 saturated carbocycles. The molecule has 3 heterocycles. The summed E-state index contributed by atoms with van der Waals surface area (Å²) in [6.45, 7) is 4.39. The molecular formula is C30H31ClN4O4S. The number of aryl methyl sites for hydroxylation is 1. The summed E-state index contributed by atoms with van der Waals surface area (Å²) in [6, 6.07) is 18.9. The Morgan fingerprint density at radius 3 is 2.55 bits per heavy atom. The average molecular weight is 579 g/mol. The molecule has 1 saturated heterocycles. The zero-order chi connectivity index (χ0) is 27.9. The van der Waals surface area contributed by atoms with Gasteiger partial charge < -0.3 is 18.7 Å². The smallest absolute Gasteiger partial charge is 0.340 e. The Morgan fingerprint density at radius 2 is 1.80 bits per heavy atom. The second kappa shape index (κ2) is 10.9. The van der Waals surface area contributed by atoms with Gasteiger partial charge in [-0.1, -0.05) is 53.6 Å². The molecule has 2 aliphatic rings. The van der Waals surface area contributed by atoms with Crippen molar-refractivity contribution in [2.24, 2.45) is 0 Å². The van der Waals surface area contributed by atoms with E-state index in [1.165, 1.54) is 12.1 Å². The van der Waals surface area contributed by atoms with Gasteiger partial charge in [0, 0.05) is 29.2 Å². The Balaban J connectivity index is 1.36. The number of halogens is 1. The summed E-state index contributed by atoms with van der Waals surface area (Å²) < 4.78 is 38.2. The number of likely N-dealkylation sites (N-methyl/N-ethyl adjacent to an activating group) is 1.